The molecule has 5 nitrogen and oxygen atoms in total. The summed E-state index contributed by atoms with van der Waals surface area (Å²) in [6.45, 7) is 0.146. The predicted molar refractivity (Wildman–Crippen MR) is 58.1 cm³/mol. The number of ether oxygens (including phenoxy) is 1. The molecule has 0 saturated heterocycles. The third-order valence-corrected chi connectivity index (χ3v) is 2.14. The van der Waals surface area contributed by atoms with Gasteiger partial charge in [0.05, 0.1) is 13.7 Å². The number of amides is 1. The number of methoxy groups -OCH3 is 1. The third-order valence-electron chi connectivity index (χ3n) is 2.14. The Bertz CT molecular complexity index is 419. The number of rotatable bonds is 5. The Morgan fingerprint density at radius 2 is 2.00 bits per heavy atom. The van der Waals surface area contributed by atoms with Crippen molar-refractivity contribution in [3.05, 3.63) is 47.9 Å². The average Bonchev–Trinajstić information content (AvgIpc) is 2.39. The molecule has 0 radical (unpaired) electrons. The van der Waals surface area contributed by atoms with Gasteiger partial charge in [-0.05, 0) is 5.56 Å². The smallest absolute Gasteiger partial charge is 0.876 e. The number of carbonyl (C=O) groups is 2. The van der Waals surface area contributed by atoms with Gasteiger partial charge in [-0.15, -0.1) is 6.26 Å². The van der Waals surface area contributed by atoms with Crippen molar-refractivity contribution in [2.24, 2.45) is 0 Å². The van der Waals surface area contributed by atoms with Crippen molar-refractivity contribution >= 4 is 12.4 Å². The summed E-state index contributed by atoms with van der Waals surface area (Å²) in [5, 5.41) is 10.8. The van der Waals surface area contributed by atoms with Gasteiger partial charge in [-0.25, -0.2) is 4.79 Å². The maximum Gasteiger partial charge on any atom is 1.00 e. The molecule has 0 fully saturated rings. The number of esters is 1. The predicted octanol–water partition coefficient (Wildman–Crippen LogP) is -2.98. The van der Waals surface area contributed by atoms with Crippen LogP contribution < -0.4 is 34.7 Å². The summed E-state index contributed by atoms with van der Waals surface area (Å²) in [4.78, 5) is 23.1. The monoisotopic (exact) mass is 257 g/mol. The summed E-state index contributed by atoms with van der Waals surface area (Å²) in [5.41, 5.74) is 0.495. The Morgan fingerprint density at radius 3 is 2.44 bits per heavy atom. The first-order valence-electron chi connectivity index (χ1n) is 4.89. The quantitative estimate of drug-likeness (QED) is 0.186. The minimum atomic E-state index is -0.831. The van der Waals surface area contributed by atoms with E-state index in [-0.39, 0.29) is 41.8 Å². The van der Waals surface area contributed by atoms with Crippen LogP contribution in [0.25, 0.3) is 0 Å². The molecule has 0 N–H and O–H groups in total. The summed E-state index contributed by atoms with van der Waals surface area (Å²) in [5.74, 6) is -0.831. The Kier molecular flexibility index (Phi) is 8.11. The molecule has 0 unspecified atom stereocenters. The molecule has 0 atom stereocenters. The van der Waals surface area contributed by atoms with Crippen LogP contribution in [0.4, 0.5) is 0 Å². The van der Waals surface area contributed by atoms with E-state index < -0.39 is 5.97 Å². The fourth-order valence-corrected chi connectivity index (χ4v) is 1.30. The van der Waals surface area contributed by atoms with E-state index in [4.69, 9.17) is 0 Å². The number of hydrogen-bond donors (Lipinski definition) is 0. The first-order chi connectivity index (χ1) is 8.22. The second-order valence-electron chi connectivity index (χ2n) is 3.21. The van der Waals surface area contributed by atoms with Gasteiger partial charge in [0, 0.05) is 0 Å². The molecule has 1 rings (SSSR count). The van der Waals surface area contributed by atoms with Crippen molar-refractivity contribution in [2.45, 2.75) is 6.54 Å². The summed E-state index contributed by atoms with van der Waals surface area (Å²) in [6, 6.07) is 9.01. The topological polar surface area (TPSA) is 69.7 Å². The van der Waals surface area contributed by atoms with Crippen LogP contribution in [0.1, 0.15) is 5.56 Å². The van der Waals surface area contributed by atoms with E-state index in [1.54, 1.807) is 24.3 Å². The zero-order chi connectivity index (χ0) is 12.7. The van der Waals surface area contributed by atoms with Crippen LogP contribution in [0.3, 0.4) is 0 Å². The molecule has 0 aliphatic rings. The zero-order valence-corrected chi connectivity index (χ0v) is 12.3. The molecule has 0 bridgehead atoms. The average molecular weight is 257 g/mol. The van der Waals surface area contributed by atoms with Gasteiger partial charge in [-0.3, -0.25) is 4.79 Å². The number of nitrogens with zero attached hydrogens (tertiary/aromatic N) is 1. The molecular weight excluding hydrogens is 245 g/mol. The van der Waals surface area contributed by atoms with Crippen molar-refractivity contribution in [3.63, 3.8) is 0 Å². The second-order valence-corrected chi connectivity index (χ2v) is 3.21. The molecule has 0 aromatic heterocycles. The Morgan fingerprint density at radius 1 is 1.39 bits per heavy atom. The van der Waals surface area contributed by atoms with Crippen LogP contribution in [0.15, 0.2) is 42.3 Å². The van der Waals surface area contributed by atoms with E-state index in [1.165, 1.54) is 0 Å². The standard InChI is InChI=1S/C12H13NO4.Na/c1-17-12(16)11(8-14)13(9-15)7-10-5-3-2-4-6-10;/h2-6,8-9,14H,7H2,1H3;/q;+1/p-1/b11-8+;. The third kappa shape index (κ3) is 4.52. The molecular formula is C12H12NNaO4. The van der Waals surface area contributed by atoms with E-state index in [0.29, 0.717) is 12.7 Å². The van der Waals surface area contributed by atoms with Crippen LogP contribution in [-0.2, 0) is 20.9 Å². The van der Waals surface area contributed by atoms with Gasteiger partial charge in [0.15, 0.2) is 0 Å². The summed E-state index contributed by atoms with van der Waals surface area (Å²) >= 11 is 0. The molecule has 0 aliphatic carbocycles. The van der Waals surface area contributed by atoms with Crippen LogP contribution in [-0.4, -0.2) is 24.4 Å². The minimum absolute atomic E-state index is 0. The molecule has 0 heterocycles. The SMILES string of the molecule is COC(=O)/C(=C\[O-])N(C=O)Cc1ccccc1.[Na+]. The van der Waals surface area contributed by atoms with Crippen LogP contribution >= 0.6 is 0 Å². The Hall–Kier alpha value is -1.30. The van der Waals surface area contributed by atoms with Gasteiger partial charge < -0.3 is 14.7 Å². The molecule has 1 amide bonds. The van der Waals surface area contributed by atoms with Crippen molar-refractivity contribution in [1.29, 1.82) is 0 Å². The molecule has 0 aliphatic heterocycles. The van der Waals surface area contributed by atoms with Crippen LogP contribution in [0.2, 0.25) is 0 Å². The summed E-state index contributed by atoms with van der Waals surface area (Å²) in [6.07, 6.45) is 0.733. The second kappa shape index (κ2) is 8.74. The zero-order valence-electron chi connectivity index (χ0n) is 10.3. The summed E-state index contributed by atoms with van der Waals surface area (Å²) < 4.78 is 4.42. The number of benzene rings is 1. The molecule has 0 saturated carbocycles. The van der Waals surface area contributed by atoms with Gasteiger partial charge in [0.2, 0.25) is 6.41 Å². The van der Waals surface area contributed by atoms with E-state index in [1.807, 2.05) is 6.07 Å². The largest absolute Gasteiger partial charge is 1.00 e. The van der Waals surface area contributed by atoms with E-state index >= 15 is 0 Å². The first kappa shape index (κ1) is 16.7. The summed E-state index contributed by atoms with van der Waals surface area (Å²) in [7, 11) is 1.15. The molecule has 0 spiro atoms. The maximum absolute atomic E-state index is 11.2. The minimum Gasteiger partial charge on any atom is -0.876 e. The molecule has 6 heteroatoms. The van der Waals surface area contributed by atoms with E-state index in [0.717, 1.165) is 17.6 Å². The van der Waals surface area contributed by atoms with Crippen molar-refractivity contribution in [1.82, 2.24) is 4.90 Å². The molecule has 1 aromatic carbocycles. The number of carbonyl (C=O) groups excluding carboxylic acids is 2. The fourth-order valence-electron chi connectivity index (χ4n) is 1.30. The Balaban J connectivity index is 0.00000289. The van der Waals surface area contributed by atoms with Crippen LogP contribution in [0, 0.1) is 0 Å². The molecule has 18 heavy (non-hydrogen) atoms. The van der Waals surface area contributed by atoms with Gasteiger partial charge in [0.25, 0.3) is 0 Å². The Labute approximate surface area is 127 Å². The molecule has 90 valence electrons. The van der Waals surface area contributed by atoms with E-state index in [2.05, 4.69) is 4.74 Å². The fraction of sp³-hybridized carbons (Fsp3) is 0.167. The van der Waals surface area contributed by atoms with Crippen molar-refractivity contribution in [3.8, 4) is 0 Å². The van der Waals surface area contributed by atoms with Gasteiger partial charge >= 0.3 is 35.5 Å². The van der Waals surface area contributed by atoms with Gasteiger partial charge in [-0.1, -0.05) is 30.3 Å². The van der Waals surface area contributed by atoms with Gasteiger partial charge in [0.1, 0.15) is 5.70 Å². The first-order valence-corrected chi connectivity index (χ1v) is 4.89. The molecule has 1 aromatic rings. The van der Waals surface area contributed by atoms with Crippen molar-refractivity contribution < 1.29 is 49.0 Å². The maximum atomic E-state index is 11.2. The van der Waals surface area contributed by atoms with Crippen molar-refractivity contribution in [2.75, 3.05) is 7.11 Å². The van der Waals surface area contributed by atoms with E-state index in [9.17, 15) is 14.7 Å². The van der Waals surface area contributed by atoms with Gasteiger partial charge in [-0.2, -0.15) is 0 Å². The normalized spacial score (nSPS) is 10.2. The van der Waals surface area contributed by atoms with Crippen LogP contribution in [0.5, 0.6) is 0 Å². The number of hydrogen-bond acceptors (Lipinski definition) is 4.